The summed E-state index contributed by atoms with van der Waals surface area (Å²) < 4.78 is 25.5. The van der Waals surface area contributed by atoms with Crippen LogP contribution in [0.25, 0.3) is 0 Å². The first-order chi connectivity index (χ1) is 10.3. The Bertz CT molecular complexity index is 688. The Morgan fingerprint density at radius 1 is 1.45 bits per heavy atom. The number of halogens is 1. The van der Waals surface area contributed by atoms with Gasteiger partial charge in [-0.25, -0.2) is 13.1 Å². The van der Waals surface area contributed by atoms with Crippen molar-refractivity contribution in [3.8, 4) is 0 Å². The number of hydrogen-bond acceptors (Lipinski definition) is 3. The van der Waals surface area contributed by atoms with Gasteiger partial charge in [-0.1, -0.05) is 42.4 Å². The van der Waals surface area contributed by atoms with E-state index >= 15 is 0 Å². The summed E-state index contributed by atoms with van der Waals surface area (Å²) in [6.45, 7) is 3.77. The second kappa shape index (κ2) is 6.81. The van der Waals surface area contributed by atoms with Crippen LogP contribution in [0.4, 0.5) is 0 Å². The molecule has 0 fully saturated rings. The highest BCUT2D eigenvalue weighted by atomic mass is 35.5. The van der Waals surface area contributed by atoms with E-state index in [0.29, 0.717) is 5.03 Å². The number of benzene rings is 1. The SMILES string of the molecule is C=C(Cl)CN(C(=O)CS(=O)(=O)NC)[C@@H]1CCc2ccccc21. The van der Waals surface area contributed by atoms with Crippen LogP contribution < -0.4 is 4.72 Å². The average Bonchev–Trinajstić information content (AvgIpc) is 2.88. The highest BCUT2D eigenvalue weighted by molar-refractivity contribution is 7.90. The smallest absolute Gasteiger partial charge is 0.240 e. The molecule has 0 unspecified atom stereocenters. The lowest BCUT2D eigenvalue weighted by molar-refractivity contribution is -0.130. The normalized spacial score (nSPS) is 17.1. The van der Waals surface area contributed by atoms with E-state index in [0.717, 1.165) is 18.4 Å². The largest absolute Gasteiger partial charge is 0.330 e. The molecule has 1 amide bonds. The van der Waals surface area contributed by atoms with Crippen molar-refractivity contribution in [1.82, 2.24) is 9.62 Å². The number of aryl methyl sites for hydroxylation is 1. The standard InChI is InChI=1S/C15H19ClN2O3S/c1-11(16)9-18(15(19)10-22(20,21)17-2)14-8-7-12-5-3-4-6-13(12)14/h3-6,14,17H,1,7-10H2,2H3/t14-/m1/s1. The minimum atomic E-state index is -3.62. The third-order valence-electron chi connectivity index (χ3n) is 3.76. The lowest BCUT2D eigenvalue weighted by Gasteiger charge is -2.29. The van der Waals surface area contributed by atoms with Gasteiger partial charge in [-0.3, -0.25) is 4.79 Å². The molecular weight excluding hydrogens is 324 g/mol. The van der Waals surface area contributed by atoms with Gasteiger partial charge in [-0.15, -0.1) is 0 Å². The van der Waals surface area contributed by atoms with E-state index in [2.05, 4.69) is 11.3 Å². The van der Waals surface area contributed by atoms with Crippen LogP contribution in [0.3, 0.4) is 0 Å². The maximum atomic E-state index is 12.5. The number of nitrogens with one attached hydrogen (secondary N) is 1. The number of hydrogen-bond donors (Lipinski definition) is 1. The van der Waals surface area contributed by atoms with Crippen molar-refractivity contribution >= 4 is 27.5 Å². The van der Waals surface area contributed by atoms with Crippen LogP contribution in [0.2, 0.25) is 0 Å². The Balaban J connectivity index is 2.28. The van der Waals surface area contributed by atoms with Crippen molar-refractivity contribution in [3.05, 3.63) is 47.0 Å². The molecule has 1 aliphatic rings. The predicted molar refractivity (Wildman–Crippen MR) is 87.1 cm³/mol. The molecule has 0 saturated heterocycles. The molecule has 0 radical (unpaired) electrons. The van der Waals surface area contributed by atoms with Gasteiger partial charge in [0, 0.05) is 5.03 Å². The summed E-state index contributed by atoms with van der Waals surface area (Å²) in [6, 6.07) is 7.71. The molecule has 1 aromatic rings. The van der Waals surface area contributed by atoms with Gasteiger partial charge in [0.25, 0.3) is 0 Å². The van der Waals surface area contributed by atoms with Crippen LogP contribution in [0.15, 0.2) is 35.9 Å². The Morgan fingerprint density at radius 2 is 2.14 bits per heavy atom. The van der Waals surface area contributed by atoms with E-state index in [1.54, 1.807) is 0 Å². The van der Waals surface area contributed by atoms with E-state index in [1.807, 2.05) is 24.3 Å². The van der Waals surface area contributed by atoms with Gasteiger partial charge in [0.1, 0.15) is 5.75 Å². The van der Waals surface area contributed by atoms with E-state index in [-0.39, 0.29) is 12.6 Å². The van der Waals surface area contributed by atoms with E-state index in [1.165, 1.54) is 17.5 Å². The van der Waals surface area contributed by atoms with Crippen LogP contribution >= 0.6 is 11.6 Å². The van der Waals surface area contributed by atoms with Gasteiger partial charge < -0.3 is 4.90 Å². The van der Waals surface area contributed by atoms with Gasteiger partial charge in [-0.05, 0) is 31.0 Å². The highest BCUT2D eigenvalue weighted by Gasteiger charge is 2.32. The van der Waals surface area contributed by atoms with E-state index in [4.69, 9.17) is 11.6 Å². The quantitative estimate of drug-likeness (QED) is 0.857. The fourth-order valence-corrected chi connectivity index (χ4v) is 3.50. The van der Waals surface area contributed by atoms with Gasteiger partial charge in [0.05, 0.1) is 12.6 Å². The van der Waals surface area contributed by atoms with Crippen molar-refractivity contribution in [2.45, 2.75) is 18.9 Å². The summed E-state index contributed by atoms with van der Waals surface area (Å²) in [4.78, 5) is 14.0. The Morgan fingerprint density at radius 3 is 2.77 bits per heavy atom. The second-order valence-electron chi connectivity index (χ2n) is 5.26. The van der Waals surface area contributed by atoms with Gasteiger partial charge in [-0.2, -0.15) is 0 Å². The molecule has 1 atom stereocenters. The molecule has 7 heteroatoms. The summed E-state index contributed by atoms with van der Waals surface area (Å²) in [5.74, 6) is -1.07. The lowest BCUT2D eigenvalue weighted by atomic mass is 10.1. The molecule has 0 aromatic heterocycles. The maximum Gasteiger partial charge on any atom is 0.240 e. The van der Waals surface area contributed by atoms with Crippen LogP contribution in [-0.4, -0.2) is 38.6 Å². The number of fused-ring (bicyclic) bond motifs is 1. The second-order valence-corrected chi connectivity index (χ2v) is 7.72. The van der Waals surface area contributed by atoms with Gasteiger partial charge in [0.15, 0.2) is 0 Å². The average molecular weight is 343 g/mol. The fraction of sp³-hybridized carbons (Fsp3) is 0.400. The first-order valence-electron chi connectivity index (χ1n) is 6.96. The molecule has 5 nitrogen and oxygen atoms in total. The molecule has 22 heavy (non-hydrogen) atoms. The van der Waals surface area contributed by atoms with E-state index in [9.17, 15) is 13.2 Å². The summed E-state index contributed by atoms with van der Waals surface area (Å²) in [6.07, 6.45) is 1.62. The Hall–Kier alpha value is -1.37. The van der Waals surface area contributed by atoms with Crippen LogP contribution in [-0.2, 0) is 21.2 Å². The van der Waals surface area contributed by atoms with Crippen molar-refractivity contribution < 1.29 is 13.2 Å². The van der Waals surface area contributed by atoms with Gasteiger partial charge >= 0.3 is 0 Å². The predicted octanol–water partition coefficient (Wildman–Crippen LogP) is 1.80. The zero-order valence-electron chi connectivity index (χ0n) is 12.4. The molecule has 1 N–H and O–H groups in total. The number of nitrogens with zero attached hydrogens (tertiary/aromatic N) is 1. The number of carbonyl (C=O) groups excluding carboxylic acids is 1. The highest BCUT2D eigenvalue weighted by Crippen LogP contribution is 2.36. The molecular formula is C15H19ClN2O3S. The minimum absolute atomic E-state index is 0.138. The van der Waals surface area contributed by atoms with Crippen LogP contribution in [0.5, 0.6) is 0 Å². The molecule has 1 aliphatic carbocycles. The Labute approximate surface area is 136 Å². The molecule has 0 spiro atoms. The molecule has 120 valence electrons. The topological polar surface area (TPSA) is 66.5 Å². The third-order valence-corrected chi connectivity index (χ3v) is 5.13. The summed E-state index contributed by atoms with van der Waals surface area (Å²) in [5.41, 5.74) is 2.23. The summed E-state index contributed by atoms with van der Waals surface area (Å²) in [7, 11) is -2.33. The molecule has 2 rings (SSSR count). The first-order valence-corrected chi connectivity index (χ1v) is 8.99. The minimum Gasteiger partial charge on any atom is -0.330 e. The fourth-order valence-electron chi connectivity index (χ4n) is 2.73. The van der Waals surface area contributed by atoms with Crippen molar-refractivity contribution in [2.75, 3.05) is 19.3 Å². The summed E-state index contributed by atoms with van der Waals surface area (Å²) >= 11 is 5.87. The van der Waals surface area contributed by atoms with Crippen LogP contribution in [0.1, 0.15) is 23.6 Å². The first kappa shape index (κ1) is 17.0. The number of rotatable bonds is 6. The zero-order valence-corrected chi connectivity index (χ0v) is 14.0. The number of amides is 1. The molecule has 0 aliphatic heterocycles. The van der Waals surface area contributed by atoms with Crippen molar-refractivity contribution in [1.29, 1.82) is 0 Å². The van der Waals surface area contributed by atoms with Crippen LogP contribution in [0, 0.1) is 0 Å². The monoisotopic (exact) mass is 342 g/mol. The number of carbonyl (C=O) groups is 1. The third kappa shape index (κ3) is 3.88. The van der Waals surface area contributed by atoms with E-state index < -0.39 is 21.7 Å². The molecule has 1 aromatic carbocycles. The van der Waals surface area contributed by atoms with Crippen molar-refractivity contribution in [2.24, 2.45) is 0 Å². The Kier molecular flexibility index (Phi) is 5.26. The zero-order chi connectivity index (χ0) is 16.3. The van der Waals surface area contributed by atoms with Crippen molar-refractivity contribution in [3.63, 3.8) is 0 Å². The summed E-state index contributed by atoms with van der Waals surface area (Å²) in [5, 5.41) is 0.305. The maximum absolute atomic E-state index is 12.5. The lowest BCUT2D eigenvalue weighted by Crippen LogP contribution is -2.41. The number of sulfonamides is 1. The molecule has 0 saturated carbocycles. The molecule has 0 bridgehead atoms. The van der Waals surface area contributed by atoms with Gasteiger partial charge in [0.2, 0.25) is 15.9 Å². The molecule has 0 heterocycles.